The average molecular weight is 232 g/mol. The molecule has 0 saturated heterocycles. The molecule has 0 radical (unpaired) electrons. The van der Waals surface area contributed by atoms with E-state index < -0.39 is 5.97 Å². The van der Waals surface area contributed by atoms with Crippen LogP contribution in [0, 0.1) is 12.8 Å². The number of carboxylic acids is 1. The van der Waals surface area contributed by atoms with Crippen LogP contribution in [0.3, 0.4) is 0 Å². The fraction of sp³-hybridized carbons (Fsp3) is 0.385. The molecular formula is C13H16N2O2. The maximum atomic E-state index is 10.7. The number of aromatic amines is 1. The van der Waals surface area contributed by atoms with Gasteiger partial charge in [-0.2, -0.15) is 0 Å². The van der Waals surface area contributed by atoms with Crippen LogP contribution < -0.4 is 0 Å². The Morgan fingerprint density at radius 2 is 2.29 bits per heavy atom. The number of aryl methyl sites for hydroxylation is 2. The van der Waals surface area contributed by atoms with Crippen LogP contribution in [-0.2, 0) is 11.2 Å². The number of rotatable bonds is 4. The van der Waals surface area contributed by atoms with Crippen LogP contribution in [0.5, 0.6) is 0 Å². The third-order valence-electron chi connectivity index (χ3n) is 2.95. The van der Waals surface area contributed by atoms with Crippen molar-refractivity contribution >= 4 is 17.0 Å². The number of H-pyrrole nitrogens is 1. The van der Waals surface area contributed by atoms with Gasteiger partial charge in [-0.05, 0) is 37.5 Å². The molecule has 4 nitrogen and oxygen atoms in total. The average Bonchev–Trinajstić information content (AvgIpc) is 2.64. The lowest BCUT2D eigenvalue weighted by molar-refractivity contribution is -0.141. The summed E-state index contributed by atoms with van der Waals surface area (Å²) in [5.74, 6) is -0.131. The van der Waals surface area contributed by atoms with Crippen LogP contribution >= 0.6 is 0 Å². The first-order valence-electron chi connectivity index (χ1n) is 5.74. The van der Waals surface area contributed by atoms with Crippen molar-refractivity contribution in [3.63, 3.8) is 0 Å². The summed E-state index contributed by atoms with van der Waals surface area (Å²) in [5, 5.41) is 8.82. The molecule has 1 unspecified atom stereocenters. The lowest BCUT2D eigenvalue weighted by Gasteiger charge is -2.05. The zero-order chi connectivity index (χ0) is 12.4. The highest BCUT2D eigenvalue weighted by atomic mass is 16.4. The molecule has 1 atom stereocenters. The minimum Gasteiger partial charge on any atom is -0.481 e. The molecule has 1 heterocycles. The number of benzene rings is 1. The molecule has 0 aliphatic carbocycles. The third kappa shape index (κ3) is 2.64. The van der Waals surface area contributed by atoms with E-state index in [1.54, 1.807) is 6.92 Å². The summed E-state index contributed by atoms with van der Waals surface area (Å²) in [7, 11) is 0. The number of nitrogens with zero attached hydrogens (tertiary/aromatic N) is 1. The highest BCUT2D eigenvalue weighted by Crippen LogP contribution is 2.16. The van der Waals surface area contributed by atoms with Gasteiger partial charge in [0.2, 0.25) is 0 Å². The number of fused-ring (bicyclic) bond motifs is 1. The van der Waals surface area contributed by atoms with E-state index in [0.29, 0.717) is 6.42 Å². The monoisotopic (exact) mass is 232 g/mol. The van der Waals surface area contributed by atoms with Crippen molar-refractivity contribution in [3.8, 4) is 0 Å². The van der Waals surface area contributed by atoms with Gasteiger partial charge in [0.15, 0.2) is 0 Å². The molecule has 0 amide bonds. The molecule has 0 fully saturated rings. The molecule has 0 aliphatic rings. The second-order valence-electron chi connectivity index (χ2n) is 4.45. The predicted molar refractivity (Wildman–Crippen MR) is 66.0 cm³/mol. The van der Waals surface area contributed by atoms with Crippen LogP contribution in [0.25, 0.3) is 11.0 Å². The molecule has 2 N–H and O–H groups in total. The molecule has 0 saturated carbocycles. The fourth-order valence-corrected chi connectivity index (χ4v) is 1.85. The number of aromatic nitrogens is 2. The van der Waals surface area contributed by atoms with E-state index in [4.69, 9.17) is 5.11 Å². The summed E-state index contributed by atoms with van der Waals surface area (Å²) in [6, 6.07) is 6.03. The van der Waals surface area contributed by atoms with Crippen LogP contribution in [0.1, 0.15) is 24.7 Å². The summed E-state index contributed by atoms with van der Waals surface area (Å²) >= 11 is 0. The molecule has 0 aliphatic heterocycles. The largest absolute Gasteiger partial charge is 0.481 e. The highest BCUT2D eigenvalue weighted by Gasteiger charge is 2.10. The zero-order valence-corrected chi connectivity index (χ0v) is 10.0. The summed E-state index contributed by atoms with van der Waals surface area (Å²) in [6.45, 7) is 3.66. The molecule has 0 spiro atoms. The number of hydrogen-bond acceptors (Lipinski definition) is 2. The number of hydrogen-bond donors (Lipinski definition) is 2. The maximum absolute atomic E-state index is 10.7. The standard InChI is InChI=1S/C13H16N2O2/c1-8(13(16)17)3-4-10-5-6-11-12(7-10)15-9(2)14-11/h5-8H,3-4H2,1-2H3,(H,14,15)(H,16,17). The smallest absolute Gasteiger partial charge is 0.306 e. The van der Waals surface area contributed by atoms with Crippen molar-refractivity contribution in [3.05, 3.63) is 29.6 Å². The molecule has 2 rings (SSSR count). The van der Waals surface area contributed by atoms with Gasteiger partial charge in [-0.3, -0.25) is 4.79 Å². The SMILES string of the molecule is Cc1nc2ccc(CCC(C)C(=O)O)cc2[nH]1. The van der Waals surface area contributed by atoms with Crippen molar-refractivity contribution in [2.75, 3.05) is 0 Å². The van der Waals surface area contributed by atoms with Gasteiger partial charge in [0.1, 0.15) is 5.82 Å². The molecule has 17 heavy (non-hydrogen) atoms. The number of nitrogens with one attached hydrogen (secondary N) is 1. The van der Waals surface area contributed by atoms with Crippen molar-refractivity contribution in [1.29, 1.82) is 0 Å². The lowest BCUT2D eigenvalue weighted by Crippen LogP contribution is -2.10. The molecule has 2 aromatic rings. The zero-order valence-electron chi connectivity index (χ0n) is 10.0. The molecule has 90 valence electrons. The normalized spacial score (nSPS) is 12.8. The second-order valence-corrected chi connectivity index (χ2v) is 4.45. The van der Waals surface area contributed by atoms with Gasteiger partial charge < -0.3 is 10.1 Å². The van der Waals surface area contributed by atoms with Gasteiger partial charge in [-0.25, -0.2) is 4.98 Å². The Morgan fingerprint density at radius 1 is 1.53 bits per heavy atom. The summed E-state index contributed by atoms with van der Waals surface area (Å²) in [5.41, 5.74) is 3.12. The van der Waals surface area contributed by atoms with Gasteiger partial charge in [-0.15, -0.1) is 0 Å². The first kappa shape index (κ1) is 11.6. The molecular weight excluding hydrogens is 216 g/mol. The first-order valence-corrected chi connectivity index (χ1v) is 5.74. The quantitative estimate of drug-likeness (QED) is 0.851. The first-order chi connectivity index (χ1) is 8.06. The summed E-state index contributed by atoms with van der Waals surface area (Å²) in [4.78, 5) is 18.2. The number of carboxylic acid groups (broad SMARTS) is 1. The topological polar surface area (TPSA) is 66.0 Å². The fourth-order valence-electron chi connectivity index (χ4n) is 1.85. The van der Waals surface area contributed by atoms with E-state index in [1.807, 2.05) is 25.1 Å². The van der Waals surface area contributed by atoms with E-state index in [-0.39, 0.29) is 5.92 Å². The summed E-state index contributed by atoms with van der Waals surface area (Å²) < 4.78 is 0. The van der Waals surface area contributed by atoms with Crippen LogP contribution in [0.15, 0.2) is 18.2 Å². The third-order valence-corrected chi connectivity index (χ3v) is 2.95. The number of aliphatic carboxylic acids is 1. The lowest BCUT2D eigenvalue weighted by atomic mass is 10.0. The van der Waals surface area contributed by atoms with Crippen molar-refractivity contribution in [1.82, 2.24) is 9.97 Å². The molecule has 1 aromatic heterocycles. The predicted octanol–water partition coefficient (Wildman–Crippen LogP) is 2.52. The van der Waals surface area contributed by atoms with Gasteiger partial charge in [0, 0.05) is 0 Å². The Balaban J connectivity index is 2.11. The highest BCUT2D eigenvalue weighted by molar-refractivity contribution is 5.75. The van der Waals surface area contributed by atoms with Crippen molar-refractivity contribution in [2.24, 2.45) is 5.92 Å². The van der Waals surface area contributed by atoms with Crippen LogP contribution in [0.2, 0.25) is 0 Å². The summed E-state index contributed by atoms with van der Waals surface area (Å²) in [6.07, 6.45) is 1.44. The molecule has 4 heteroatoms. The number of imidazole rings is 1. The number of carbonyl (C=O) groups is 1. The van der Waals surface area contributed by atoms with Gasteiger partial charge >= 0.3 is 5.97 Å². The Hall–Kier alpha value is -1.84. The Kier molecular flexibility index (Phi) is 3.13. The van der Waals surface area contributed by atoms with Gasteiger partial charge in [0.05, 0.1) is 17.0 Å². The van der Waals surface area contributed by atoms with E-state index in [0.717, 1.165) is 28.8 Å². The Bertz CT molecular complexity index is 545. The van der Waals surface area contributed by atoms with Crippen LogP contribution in [-0.4, -0.2) is 21.0 Å². The maximum Gasteiger partial charge on any atom is 0.306 e. The van der Waals surface area contributed by atoms with Crippen molar-refractivity contribution in [2.45, 2.75) is 26.7 Å². The van der Waals surface area contributed by atoms with Gasteiger partial charge in [0.25, 0.3) is 0 Å². The minimum atomic E-state index is -0.733. The van der Waals surface area contributed by atoms with Crippen molar-refractivity contribution < 1.29 is 9.90 Å². The van der Waals surface area contributed by atoms with E-state index in [2.05, 4.69) is 9.97 Å². The van der Waals surface area contributed by atoms with E-state index in [9.17, 15) is 4.79 Å². The Labute approximate surface area is 99.7 Å². The van der Waals surface area contributed by atoms with Gasteiger partial charge in [-0.1, -0.05) is 13.0 Å². The molecule has 0 bridgehead atoms. The van der Waals surface area contributed by atoms with Crippen LogP contribution in [0.4, 0.5) is 0 Å². The minimum absolute atomic E-state index is 0.297. The van der Waals surface area contributed by atoms with E-state index in [1.165, 1.54) is 0 Å². The second kappa shape index (κ2) is 4.57. The van der Waals surface area contributed by atoms with E-state index >= 15 is 0 Å². The Morgan fingerprint density at radius 3 is 3.00 bits per heavy atom. The molecule has 1 aromatic carbocycles.